The van der Waals surface area contributed by atoms with Crippen LogP contribution in [0.4, 0.5) is 0 Å². The van der Waals surface area contributed by atoms with Crippen LogP contribution in [-0.4, -0.2) is 22.3 Å². The zero-order valence-corrected chi connectivity index (χ0v) is 18.7. The molecule has 1 unspecified atom stereocenters. The van der Waals surface area contributed by atoms with E-state index in [4.69, 9.17) is 16.6 Å². The van der Waals surface area contributed by atoms with E-state index >= 15 is 0 Å². The first-order valence-electron chi connectivity index (χ1n) is 12.0. The maximum absolute atomic E-state index is 6.18. The highest BCUT2D eigenvalue weighted by Gasteiger charge is 2.64. The van der Waals surface area contributed by atoms with Gasteiger partial charge in [0, 0.05) is 5.02 Å². The molecule has 0 radical (unpaired) electrons. The van der Waals surface area contributed by atoms with Gasteiger partial charge in [-0.15, -0.1) is 0 Å². The Morgan fingerprint density at radius 1 is 0.700 bits per heavy atom. The lowest BCUT2D eigenvalue weighted by Gasteiger charge is -2.31. The molecule has 2 nitrogen and oxygen atoms in total. The molecule has 0 bridgehead atoms. The third-order valence-corrected chi connectivity index (χ3v) is 7.59. The van der Waals surface area contributed by atoms with E-state index in [9.17, 15) is 0 Å². The van der Waals surface area contributed by atoms with Gasteiger partial charge in [-0.3, -0.25) is 9.89 Å². The number of benzene rings is 2. The van der Waals surface area contributed by atoms with Crippen LogP contribution >= 0.6 is 11.6 Å². The number of rotatable bonds is 2. The molecule has 2 fully saturated rings. The summed E-state index contributed by atoms with van der Waals surface area (Å²) in [6.45, 7) is 0. The topological polar surface area (TPSA) is 15.4 Å². The van der Waals surface area contributed by atoms with Crippen molar-refractivity contribution in [3.8, 4) is 0 Å². The number of nitrogens with zero attached hydrogens (tertiary/aromatic N) is 2. The summed E-state index contributed by atoms with van der Waals surface area (Å²) in [7, 11) is 0. The van der Waals surface area contributed by atoms with Gasteiger partial charge in [-0.25, -0.2) is 0 Å². The van der Waals surface area contributed by atoms with E-state index in [-0.39, 0.29) is 5.66 Å². The quantitative estimate of drug-likeness (QED) is 0.457. The molecule has 158 valence electrons. The molecule has 2 aromatic carbocycles. The summed E-state index contributed by atoms with van der Waals surface area (Å²) in [5, 5.41) is 0.797. The summed E-state index contributed by atoms with van der Waals surface area (Å²) in [6, 6.07) is 20.3. The molecule has 0 aromatic heterocycles. The molecule has 1 spiro atoms. The molecule has 0 N–H and O–H groups in total. The van der Waals surface area contributed by atoms with Crippen LogP contribution in [0.1, 0.15) is 87.8 Å². The van der Waals surface area contributed by atoms with Gasteiger partial charge in [-0.1, -0.05) is 99.0 Å². The van der Waals surface area contributed by atoms with Crippen LogP contribution in [0.25, 0.3) is 0 Å². The highest BCUT2D eigenvalue weighted by atomic mass is 35.5. The van der Waals surface area contributed by atoms with Crippen molar-refractivity contribution in [1.82, 2.24) is 4.90 Å². The second-order valence-electron chi connectivity index (χ2n) is 9.38. The Balaban J connectivity index is 1.48. The fourth-order valence-corrected chi connectivity index (χ4v) is 5.90. The summed E-state index contributed by atoms with van der Waals surface area (Å²) < 4.78 is 0. The van der Waals surface area contributed by atoms with E-state index in [0.29, 0.717) is 12.1 Å². The Kier molecular flexibility index (Phi) is 5.98. The Labute approximate surface area is 186 Å². The van der Waals surface area contributed by atoms with Gasteiger partial charge >= 0.3 is 0 Å². The largest absolute Gasteiger partial charge is 0.265 e. The van der Waals surface area contributed by atoms with Gasteiger partial charge in [0.05, 0.1) is 17.8 Å². The van der Waals surface area contributed by atoms with Crippen LogP contribution in [0, 0.1) is 0 Å². The molecule has 3 heteroatoms. The monoisotopic (exact) mass is 420 g/mol. The van der Waals surface area contributed by atoms with Crippen LogP contribution in [0.2, 0.25) is 5.02 Å². The molecule has 1 saturated carbocycles. The van der Waals surface area contributed by atoms with E-state index in [1.165, 1.54) is 87.5 Å². The van der Waals surface area contributed by atoms with Gasteiger partial charge in [-0.2, -0.15) is 0 Å². The van der Waals surface area contributed by atoms with E-state index < -0.39 is 0 Å². The lowest BCUT2D eigenvalue weighted by molar-refractivity contribution is 0.182. The molecular weight excluding hydrogens is 388 g/mol. The number of hydrogen-bond donors (Lipinski definition) is 0. The standard InChI is InChI=1S/C27H33ClN2/c28-23-17-15-21(16-18-23)24-26-25(22-13-9-8-10-14-22)30(26)27(29-24)19-11-6-4-2-1-3-5-7-12-20-27/h8-10,13-18,25-26H,1-7,11-12,19-20H2/t25-,26-,30?/m0/s1. The SMILES string of the molecule is Clc1ccc(C2=NC3(CCCCCCCCCCC3)N3[C@@H]2[C@@H]3c2ccccc2)cc1. The first-order chi connectivity index (χ1) is 14.8. The van der Waals surface area contributed by atoms with Crippen LogP contribution in [-0.2, 0) is 0 Å². The third kappa shape index (κ3) is 3.97. The molecule has 3 aliphatic rings. The van der Waals surface area contributed by atoms with E-state index in [1.54, 1.807) is 0 Å². The van der Waals surface area contributed by atoms with Crippen LogP contribution in [0.5, 0.6) is 0 Å². The zero-order valence-electron chi connectivity index (χ0n) is 17.9. The van der Waals surface area contributed by atoms with E-state index in [2.05, 4.69) is 47.4 Å². The van der Waals surface area contributed by atoms with E-state index in [0.717, 1.165) is 5.02 Å². The Morgan fingerprint density at radius 2 is 1.27 bits per heavy atom. The van der Waals surface area contributed by atoms with Crippen LogP contribution in [0.3, 0.4) is 0 Å². The van der Waals surface area contributed by atoms with Gasteiger partial charge in [0.1, 0.15) is 5.66 Å². The molecular formula is C27H33ClN2. The van der Waals surface area contributed by atoms with Crippen molar-refractivity contribution < 1.29 is 0 Å². The second kappa shape index (κ2) is 8.85. The minimum Gasteiger partial charge on any atom is -0.265 e. The molecule has 30 heavy (non-hydrogen) atoms. The van der Waals surface area contributed by atoms with Gasteiger partial charge in [-0.05, 0) is 48.9 Å². The van der Waals surface area contributed by atoms with Crippen molar-refractivity contribution in [2.45, 2.75) is 88.4 Å². The highest BCUT2D eigenvalue weighted by Crippen LogP contribution is 2.58. The maximum atomic E-state index is 6.18. The summed E-state index contributed by atoms with van der Waals surface area (Å²) in [6.07, 6.45) is 14.7. The summed E-state index contributed by atoms with van der Waals surface area (Å²) in [4.78, 5) is 8.26. The molecule has 1 saturated heterocycles. The van der Waals surface area contributed by atoms with Crippen molar-refractivity contribution in [3.05, 3.63) is 70.7 Å². The third-order valence-electron chi connectivity index (χ3n) is 7.33. The fraction of sp³-hybridized carbons (Fsp3) is 0.519. The zero-order chi connectivity index (χ0) is 20.4. The smallest absolute Gasteiger partial charge is 0.114 e. The first kappa shape index (κ1) is 20.3. The van der Waals surface area contributed by atoms with Crippen molar-refractivity contribution >= 4 is 17.3 Å². The summed E-state index contributed by atoms with van der Waals surface area (Å²) in [5.74, 6) is 0. The molecule has 2 aliphatic heterocycles. The maximum Gasteiger partial charge on any atom is 0.114 e. The van der Waals surface area contributed by atoms with Crippen molar-refractivity contribution in [3.63, 3.8) is 0 Å². The van der Waals surface area contributed by atoms with Crippen molar-refractivity contribution in [2.75, 3.05) is 0 Å². The van der Waals surface area contributed by atoms with Crippen molar-refractivity contribution in [2.24, 2.45) is 4.99 Å². The number of halogens is 1. The summed E-state index contributed by atoms with van der Waals surface area (Å²) in [5.41, 5.74) is 3.96. The molecule has 0 amide bonds. The normalized spacial score (nSPS) is 28.8. The minimum absolute atomic E-state index is 0.0145. The predicted molar refractivity (Wildman–Crippen MR) is 126 cm³/mol. The number of aliphatic imine (C=N–C) groups is 1. The predicted octanol–water partition coefficient (Wildman–Crippen LogP) is 7.57. The van der Waals surface area contributed by atoms with Crippen molar-refractivity contribution in [1.29, 1.82) is 0 Å². The van der Waals surface area contributed by atoms with Gasteiger partial charge in [0.15, 0.2) is 0 Å². The molecule has 2 heterocycles. The Hall–Kier alpha value is -1.64. The highest BCUT2D eigenvalue weighted by molar-refractivity contribution is 6.30. The average molecular weight is 421 g/mol. The van der Waals surface area contributed by atoms with Gasteiger partial charge in [0.25, 0.3) is 0 Å². The Bertz CT molecular complexity index is 861. The summed E-state index contributed by atoms with van der Waals surface area (Å²) >= 11 is 6.18. The molecule has 3 atom stereocenters. The molecule has 5 rings (SSSR count). The molecule has 2 aromatic rings. The fourth-order valence-electron chi connectivity index (χ4n) is 5.78. The van der Waals surface area contributed by atoms with Gasteiger partial charge < -0.3 is 0 Å². The number of hydrogen-bond acceptors (Lipinski definition) is 2. The van der Waals surface area contributed by atoms with E-state index in [1.807, 2.05) is 12.1 Å². The molecule has 1 aliphatic carbocycles. The van der Waals surface area contributed by atoms with Crippen LogP contribution in [0.15, 0.2) is 59.6 Å². The Morgan fingerprint density at radius 3 is 1.87 bits per heavy atom. The van der Waals surface area contributed by atoms with Crippen LogP contribution < -0.4 is 0 Å². The lowest BCUT2D eigenvalue weighted by atomic mass is 9.92. The first-order valence-corrected chi connectivity index (χ1v) is 12.4. The number of fused-ring (bicyclic) bond motifs is 2. The lowest BCUT2D eigenvalue weighted by Crippen LogP contribution is -2.34. The van der Waals surface area contributed by atoms with Gasteiger partial charge in [0.2, 0.25) is 0 Å². The average Bonchev–Trinajstić information content (AvgIpc) is 3.43. The minimum atomic E-state index is -0.0145. The second-order valence-corrected chi connectivity index (χ2v) is 9.81.